The Morgan fingerprint density at radius 2 is 2.24 bits per heavy atom. The fourth-order valence-electron chi connectivity index (χ4n) is 4.68. The lowest BCUT2D eigenvalue weighted by molar-refractivity contribution is -0.127. The number of piperidine rings is 1. The maximum absolute atomic E-state index is 14.8. The predicted molar refractivity (Wildman–Crippen MR) is 118 cm³/mol. The molecule has 1 aliphatic heterocycles. The van der Waals surface area contributed by atoms with Gasteiger partial charge in [0, 0.05) is 25.5 Å². The zero-order valence-corrected chi connectivity index (χ0v) is 17.7. The number of aromatic nitrogens is 5. The number of anilines is 3. The van der Waals surface area contributed by atoms with Crippen molar-refractivity contribution in [2.75, 3.05) is 23.7 Å². The lowest BCUT2D eigenvalue weighted by Crippen LogP contribution is -2.50. The molecule has 168 valence electrons. The van der Waals surface area contributed by atoms with Gasteiger partial charge in [0.1, 0.15) is 23.7 Å². The summed E-state index contributed by atoms with van der Waals surface area (Å²) in [5.41, 5.74) is 1.56. The summed E-state index contributed by atoms with van der Waals surface area (Å²) in [5, 5.41) is 20.7. The van der Waals surface area contributed by atoms with Crippen molar-refractivity contribution in [2.24, 2.45) is 11.8 Å². The third-order valence-corrected chi connectivity index (χ3v) is 6.78. The molecule has 0 radical (unpaired) electrons. The number of halogens is 1. The molecule has 0 bridgehead atoms. The molecule has 0 aromatic carbocycles. The van der Waals surface area contributed by atoms with E-state index < -0.39 is 12.2 Å². The van der Waals surface area contributed by atoms with Crippen LogP contribution in [-0.2, 0) is 4.79 Å². The second-order valence-electron chi connectivity index (χ2n) is 8.87. The minimum Gasteiger partial charge on any atom is -0.362 e. The first-order valence-electron chi connectivity index (χ1n) is 11.0. The van der Waals surface area contributed by atoms with E-state index >= 15 is 0 Å². The number of alkyl halides is 1. The van der Waals surface area contributed by atoms with Crippen LogP contribution in [0.4, 0.5) is 21.8 Å². The highest BCUT2D eigenvalue weighted by atomic mass is 19.1. The molecule has 3 aromatic heterocycles. The van der Waals surface area contributed by atoms with E-state index in [1.54, 1.807) is 17.3 Å². The molecule has 11 heteroatoms. The number of H-pyrrole nitrogens is 1. The van der Waals surface area contributed by atoms with E-state index in [0.29, 0.717) is 40.9 Å². The Labute approximate surface area is 188 Å². The van der Waals surface area contributed by atoms with E-state index in [9.17, 15) is 14.4 Å². The standard InChI is InChI=1S/C22H22FN9O/c1-2-17(33)31-4-3-15(23)16(10-31)28-21-18-11(6-24)7-25-20(18)29-22(30-21)27-12-8-26-32(9-12)19-13-5-14(13)19/h2,7-9,13-16,19H,1,3-5,10H2,(H3,25,27,28,29,30)/t13?,14?,15-,16+,19?/m1/s1. The zero-order chi connectivity index (χ0) is 22.7. The van der Waals surface area contributed by atoms with Crippen LogP contribution in [0.1, 0.15) is 24.4 Å². The molecule has 2 unspecified atom stereocenters. The SMILES string of the molecule is C=CC(=O)N1CC[C@@H](F)[C@@H](Nc2nc(Nc3cnn(C4C5CC54)c3)nc3[nH]cc(C#N)c23)C1. The number of hydrogen-bond acceptors (Lipinski definition) is 7. The fourth-order valence-corrected chi connectivity index (χ4v) is 4.68. The van der Waals surface area contributed by atoms with E-state index in [1.165, 1.54) is 12.5 Å². The Balaban J connectivity index is 1.29. The van der Waals surface area contributed by atoms with E-state index in [2.05, 4.69) is 43.3 Å². The van der Waals surface area contributed by atoms with Gasteiger partial charge in [-0.05, 0) is 30.8 Å². The predicted octanol–water partition coefficient (Wildman–Crippen LogP) is 2.50. The molecule has 1 saturated heterocycles. The minimum atomic E-state index is -1.17. The first kappa shape index (κ1) is 19.7. The molecular weight excluding hydrogens is 425 g/mol. The van der Waals surface area contributed by atoms with E-state index in [0.717, 1.165) is 17.5 Å². The molecule has 6 rings (SSSR count). The Hall–Kier alpha value is -3.94. The van der Waals surface area contributed by atoms with E-state index in [4.69, 9.17) is 0 Å². The second kappa shape index (κ2) is 7.30. The second-order valence-corrected chi connectivity index (χ2v) is 8.87. The molecule has 4 heterocycles. The molecular formula is C22H22FN9O. The molecule has 0 spiro atoms. The maximum Gasteiger partial charge on any atom is 0.246 e. The molecule has 1 amide bonds. The van der Waals surface area contributed by atoms with E-state index in [1.807, 2.05) is 10.9 Å². The number of fused-ring (bicyclic) bond motifs is 2. The number of aromatic amines is 1. The molecule has 10 nitrogen and oxygen atoms in total. The smallest absolute Gasteiger partial charge is 0.246 e. The van der Waals surface area contributed by atoms with Gasteiger partial charge in [-0.15, -0.1) is 0 Å². The van der Waals surface area contributed by atoms with Crippen molar-refractivity contribution >= 4 is 34.4 Å². The number of likely N-dealkylation sites (tertiary alicyclic amines) is 1. The molecule has 2 aliphatic carbocycles. The van der Waals surface area contributed by atoms with Gasteiger partial charge >= 0.3 is 0 Å². The van der Waals surface area contributed by atoms with Crippen molar-refractivity contribution in [3.8, 4) is 6.07 Å². The third kappa shape index (κ3) is 3.38. The van der Waals surface area contributed by atoms with Crippen LogP contribution in [0.25, 0.3) is 11.0 Å². The Morgan fingerprint density at radius 3 is 2.97 bits per heavy atom. The lowest BCUT2D eigenvalue weighted by Gasteiger charge is -2.35. The summed E-state index contributed by atoms with van der Waals surface area (Å²) in [6.07, 6.45) is 6.77. The van der Waals surface area contributed by atoms with Gasteiger partial charge in [-0.25, -0.2) is 4.39 Å². The lowest BCUT2D eigenvalue weighted by atomic mass is 10.0. The Morgan fingerprint density at radius 1 is 1.39 bits per heavy atom. The number of nitrogens with zero attached hydrogens (tertiary/aromatic N) is 6. The van der Waals surface area contributed by atoms with Crippen molar-refractivity contribution in [2.45, 2.75) is 31.1 Å². The van der Waals surface area contributed by atoms with Crippen molar-refractivity contribution in [1.29, 1.82) is 5.26 Å². The summed E-state index contributed by atoms with van der Waals surface area (Å²) in [4.78, 5) is 25.6. The number of carbonyl (C=O) groups excluding carboxylic acids is 1. The number of nitriles is 1. The first-order valence-corrected chi connectivity index (χ1v) is 11.0. The van der Waals surface area contributed by atoms with Gasteiger partial charge in [-0.1, -0.05) is 6.58 Å². The largest absolute Gasteiger partial charge is 0.362 e. The van der Waals surface area contributed by atoms with Gasteiger partial charge in [0.2, 0.25) is 11.9 Å². The van der Waals surface area contributed by atoms with Crippen molar-refractivity contribution in [1.82, 2.24) is 29.6 Å². The summed E-state index contributed by atoms with van der Waals surface area (Å²) >= 11 is 0. The van der Waals surface area contributed by atoms with E-state index in [-0.39, 0.29) is 18.9 Å². The molecule has 2 saturated carbocycles. The highest BCUT2D eigenvalue weighted by molar-refractivity contribution is 5.94. The topological polar surface area (TPSA) is 128 Å². The van der Waals surface area contributed by atoms with Crippen LogP contribution in [0.3, 0.4) is 0 Å². The molecule has 4 atom stereocenters. The maximum atomic E-state index is 14.8. The molecule has 33 heavy (non-hydrogen) atoms. The van der Waals surface area contributed by atoms with Gasteiger partial charge in [0.05, 0.1) is 34.9 Å². The number of carbonyl (C=O) groups is 1. The van der Waals surface area contributed by atoms with Gasteiger partial charge in [0.25, 0.3) is 0 Å². The molecule has 3 fully saturated rings. The fraction of sp³-hybridized carbons (Fsp3) is 0.409. The summed E-state index contributed by atoms with van der Waals surface area (Å²) in [5.74, 6) is 1.94. The first-order chi connectivity index (χ1) is 16.1. The van der Waals surface area contributed by atoms with Crippen LogP contribution in [0, 0.1) is 23.2 Å². The van der Waals surface area contributed by atoms with Crippen molar-refractivity contribution in [3.63, 3.8) is 0 Å². The Kier molecular flexibility index (Phi) is 4.36. The summed E-state index contributed by atoms with van der Waals surface area (Å²) in [6.45, 7) is 4.01. The summed E-state index contributed by atoms with van der Waals surface area (Å²) in [7, 11) is 0. The van der Waals surface area contributed by atoms with Gasteiger partial charge in [0.15, 0.2) is 0 Å². The van der Waals surface area contributed by atoms with Gasteiger partial charge < -0.3 is 20.5 Å². The molecule has 3 aromatic rings. The van der Waals surface area contributed by atoms with Crippen LogP contribution < -0.4 is 10.6 Å². The summed E-state index contributed by atoms with van der Waals surface area (Å²) < 4.78 is 16.8. The van der Waals surface area contributed by atoms with Gasteiger partial charge in [-0.2, -0.15) is 20.3 Å². The van der Waals surface area contributed by atoms with Crippen LogP contribution >= 0.6 is 0 Å². The van der Waals surface area contributed by atoms with Crippen molar-refractivity contribution < 1.29 is 9.18 Å². The highest BCUT2D eigenvalue weighted by Crippen LogP contribution is 2.70. The van der Waals surface area contributed by atoms with Crippen LogP contribution in [0.2, 0.25) is 0 Å². The monoisotopic (exact) mass is 447 g/mol. The van der Waals surface area contributed by atoms with Crippen molar-refractivity contribution in [3.05, 3.63) is 36.8 Å². The van der Waals surface area contributed by atoms with Gasteiger partial charge in [-0.3, -0.25) is 9.48 Å². The Bertz CT molecular complexity index is 1300. The van der Waals surface area contributed by atoms with Crippen LogP contribution in [-0.4, -0.2) is 60.8 Å². The highest BCUT2D eigenvalue weighted by Gasteiger charge is 2.65. The quantitative estimate of drug-likeness (QED) is 0.495. The number of rotatable bonds is 6. The third-order valence-electron chi connectivity index (χ3n) is 6.78. The average Bonchev–Trinajstić information content (AvgIpc) is 3.63. The van der Waals surface area contributed by atoms with Crippen LogP contribution in [0.5, 0.6) is 0 Å². The molecule has 3 aliphatic rings. The minimum absolute atomic E-state index is 0.170. The molecule has 3 N–H and O–H groups in total. The summed E-state index contributed by atoms with van der Waals surface area (Å²) in [6, 6.07) is 1.95. The number of hydrogen-bond donors (Lipinski definition) is 3. The van der Waals surface area contributed by atoms with Crippen LogP contribution in [0.15, 0.2) is 31.2 Å². The average molecular weight is 447 g/mol. The number of amides is 1. The normalized spacial score (nSPS) is 27.5. The zero-order valence-electron chi connectivity index (χ0n) is 17.7. The number of nitrogens with one attached hydrogen (secondary N) is 3.